The molecule has 86 valence electrons. The molecule has 1 N–H and O–H groups in total. The van der Waals surface area contributed by atoms with E-state index in [1.807, 2.05) is 0 Å². The molecule has 0 bridgehead atoms. The first-order chi connectivity index (χ1) is 7.43. The van der Waals surface area contributed by atoms with Crippen LogP contribution in [0.2, 0.25) is 0 Å². The highest BCUT2D eigenvalue weighted by molar-refractivity contribution is 4.89. The third-order valence-corrected chi connectivity index (χ3v) is 4.33. The molecule has 0 aromatic heterocycles. The van der Waals surface area contributed by atoms with E-state index < -0.39 is 0 Å². The van der Waals surface area contributed by atoms with Crippen molar-refractivity contribution in [3.63, 3.8) is 0 Å². The first-order valence-corrected chi connectivity index (χ1v) is 6.65. The Balaban J connectivity index is 1.51. The molecule has 0 aromatic rings. The van der Waals surface area contributed by atoms with Crippen molar-refractivity contribution in [1.29, 1.82) is 0 Å². The Morgan fingerprint density at radius 1 is 0.867 bits per heavy atom. The second-order valence-corrected chi connectivity index (χ2v) is 5.29. The minimum absolute atomic E-state index is 0.699. The van der Waals surface area contributed by atoms with Crippen molar-refractivity contribution in [2.45, 2.75) is 44.3 Å². The first-order valence-electron chi connectivity index (χ1n) is 6.65. The lowest BCUT2D eigenvalue weighted by Crippen LogP contribution is -2.50. The van der Waals surface area contributed by atoms with Gasteiger partial charge in [-0.1, -0.05) is 0 Å². The maximum absolute atomic E-state index is 3.66. The molecule has 0 aromatic carbocycles. The van der Waals surface area contributed by atoms with Gasteiger partial charge in [0.05, 0.1) is 6.17 Å². The Labute approximate surface area is 92.8 Å². The van der Waals surface area contributed by atoms with Gasteiger partial charge in [-0.25, -0.2) is 0 Å². The Kier molecular flexibility index (Phi) is 2.95. The SMILES string of the molecule is C1CCC(N2CCC(N3CCC3)C2)NC1. The summed E-state index contributed by atoms with van der Waals surface area (Å²) in [5.74, 6) is 0. The molecule has 15 heavy (non-hydrogen) atoms. The molecule has 3 heteroatoms. The smallest absolute Gasteiger partial charge is 0.0597 e. The number of nitrogens with one attached hydrogen (secondary N) is 1. The third-order valence-electron chi connectivity index (χ3n) is 4.33. The Bertz CT molecular complexity index is 209. The lowest BCUT2D eigenvalue weighted by Gasteiger charge is -2.37. The molecule has 3 saturated heterocycles. The molecule has 0 radical (unpaired) electrons. The second-order valence-electron chi connectivity index (χ2n) is 5.29. The molecular formula is C12H23N3. The van der Waals surface area contributed by atoms with Crippen LogP contribution in [-0.4, -0.2) is 54.7 Å². The van der Waals surface area contributed by atoms with Crippen LogP contribution in [0.1, 0.15) is 32.1 Å². The third kappa shape index (κ3) is 2.05. The summed E-state index contributed by atoms with van der Waals surface area (Å²) < 4.78 is 0. The maximum Gasteiger partial charge on any atom is 0.0597 e. The molecule has 3 fully saturated rings. The van der Waals surface area contributed by atoms with Crippen LogP contribution in [0.4, 0.5) is 0 Å². The number of likely N-dealkylation sites (tertiary alicyclic amines) is 2. The monoisotopic (exact) mass is 209 g/mol. The van der Waals surface area contributed by atoms with Crippen LogP contribution in [0.5, 0.6) is 0 Å². The van der Waals surface area contributed by atoms with E-state index in [1.54, 1.807) is 0 Å². The van der Waals surface area contributed by atoms with Crippen molar-refractivity contribution < 1.29 is 0 Å². The number of hydrogen-bond acceptors (Lipinski definition) is 3. The molecule has 0 saturated carbocycles. The van der Waals surface area contributed by atoms with E-state index in [0.717, 1.165) is 6.04 Å². The van der Waals surface area contributed by atoms with Crippen molar-refractivity contribution >= 4 is 0 Å². The predicted octanol–water partition coefficient (Wildman–Crippen LogP) is 0.866. The van der Waals surface area contributed by atoms with Crippen LogP contribution in [0.15, 0.2) is 0 Å². The van der Waals surface area contributed by atoms with Gasteiger partial charge < -0.3 is 5.32 Å². The first kappa shape index (κ1) is 10.1. The quantitative estimate of drug-likeness (QED) is 0.728. The van der Waals surface area contributed by atoms with Crippen molar-refractivity contribution in [3.8, 4) is 0 Å². The van der Waals surface area contributed by atoms with Crippen LogP contribution in [0, 0.1) is 0 Å². The fraction of sp³-hybridized carbons (Fsp3) is 1.00. The Morgan fingerprint density at radius 2 is 1.80 bits per heavy atom. The van der Waals surface area contributed by atoms with Gasteiger partial charge in [0, 0.05) is 19.1 Å². The van der Waals surface area contributed by atoms with Crippen molar-refractivity contribution in [2.75, 3.05) is 32.7 Å². The molecule has 3 nitrogen and oxygen atoms in total. The van der Waals surface area contributed by atoms with Gasteiger partial charge in [-0.2, -0.15) is 0 Å². The van der Waals surface area contributed by atoms with Crippen LogP contribution in [0.3, 0.4) is 0 Å². The van der Waals surface area contributed by atoms with Gasteiger partial charge in [-0.15, -0.1) is 0 Å². The van der Waals surface area contributed by atoms with Gasteiger partial charge in [0.25, 0.3) is 0 Å². The summed E-state index contributed by atoms with van der Waals surface area (Å²) >= 11 is 0. The van der Waals surface area contributed by atoms with Crippen LogP contribution >= 0.6 is 0 Å². The standard InChI is InChI=1S/C12H23N3/c1-2-6-13-12(4-1)15-9-5-11(10-15)14-7-3-8-14/h11-13H,1-10H2. The van der Waals surface area contributed by atoms with Gasteiger partial charge >= 0.3 is 0 Å². The number of rotatable bonds is 2. The molecule has 3 aliphatic rings. The highest BCUT2D eigenvalue weighted by Gasteiger charge is 2.33. The van der Waals surface area contributed by atoms with E-state index in [0.29, 0.717) is 6.17 Å². The highest BCUT2D eigenvalue weighted by Crippen LogP contribution is 2.23. The molecule has 3 aliphatic heterocycles. The van der Waals surface area contributed by atoms with Crippen molar-refractivity contribution in [1.82, 2.24) is 15.1 Å². The van der Waals surface area contributed by atoms with Gasteiger partial charge in [-0.05, 0) is 51.7 Å². The zero-order valence-electron chi connectivity index (χ0n) is 9.62. The van der Waals surface area contributed by atoms with Crippen molar-refractivity contribution in [3.05, 3.63) is 0 Å². The maximum atomic E-state index is 3.66. The summed E-state index contributed by atoms with van der Waals surface area (Å²) in [5.41, 5.74) is 0. The molecule has 0 aliphatic carbocycles. The Morgan fingerprint density at radius 3 is 2.47 bits per heavy atom. The normalized spacial score (nSPS) is 39.2. The van der Waals surface area contributed by atoms with E-state index in [-0.39, 0.29) is 0 Å². The molecule has 0 spiro atoms. The van der Waals surface area contributed by atoms with E-state index in [2.05, 4.69) is 15.1 Å². The fourth-order valence-corrected chi connectivity index (χ4v) is 3.20. The molecule has 3 rings (SSSR count). The average molecular weight is 209 g/mol. The number of hydrogen-bond donors (Lipinski definition) is 1. The summed E-state index contributed by atoms with van der Waals surface area (Å²) in [6, 6.07) is 0.877. The van der Waals surface area contributed by atoms with Crippen molar-refractivity contribution in [2.24, 2.45) is 0 Å². The molecular weight excluding hydrogens is 186 g/mol. The predicted molar refractivity (Wildman–Crippen MR) is 61.8 cm³/mol. The second kappa shape index (κ2) is 4.40. The number of piperidine rings is 1. The number of nitrogens with zero attached hydrogens (tertiary/aromatic N) is 2. The average Bonchev–Trinajstić information content (AvgIpc) is 2.66. The summed E-state index contributed by atoms with van der Waals surface area (Å²) in [6.07, 6.45) is 7.69. The van der Waals surface area contributed by atoms with E-state index >= 15 is 0 Å². The highest BCUT2D eigenvalue weighted by atomic mass is 15.3. The van der Waals surface area contributed by atoms with Gasteiger partial charge in [0.1, 0.15) is 0 Å². The Hall–Kier alpha value is -0.120. The summed E-state index contributed by atoms with van der Waals surface area (Å²) in [7, 11) is 0. The summed E-state index contributed by atoms with van der Waals surface area (Å²) in [5, 5.41) is 3.66. The lowest BCUT2D eigenvalue weighted by molar-refractivity contribution is 0.104. The largest absolute Gasteiger partial charge is 0.302 e. The minimum atomic E-state index is 0.699. The fourth-order valence-electron chi connectivity index (χ4n) is 3.20. The zero-order chi connectivity index (χ0) is 10.1. The van der Waals surface area contributed by atoms with E-state index in [1.165, 1.54) is 64.8 Å². The van der Waals surface area contributed by atoms with Gasteiger partial charge in [0.2, 0.25) is 0 Å². The molecule has 3 heterocycles. The molecule has 2 unspecified atom stereocenters. The minimum Gasteiger partial charge on any atom is -0.302 e. The van der Waals surface area contributed by atoms with E-state index in [4.69, 9.17) is 0 Å². The van der Waals surface area contributed by atoms with Gasteiger partial charge in [-0.3, -0.25) is 9.80 Å². The lowest BCUT2D eigenvalue weighted by atomic mass is 10.1. The van der Waals surface area contributed by atoms with Crippen LogP contribution < -0.4 is 5.32 Å². The van der Waals surface area contributed by atoms with Crippen LogP contribution in [-0.2, 0) is 0 Å². The summed E-state index contributed by atoms with van der Waals surface area (Å²) in [4.78, 5) is 5.35. The molecule has 0 amide bonds. The molecule has 2 atom stereocenters. The van der Waals surface area contributed by atoms with Gasteiger partial charge in [0.15, 0.2) is 0 Å². The zero-order valence-corrected chi connectivity index (χ0v) is 9.62. The summed E-state index contributed by atoms with van der Waals surface area (Å²) in [6.45, 7) is 6.58. The van der Waals surface area contributed by atoms with Crippen LogP contribution in [0.25, 0.3) is 0 Å². The topological polar surface area (TPSA) is 18.5 Å². The van der Waals surface area contributed by atoms with E-state index in [9.17, 15) is 0 Å².